The van der Waals surface area contributed by atoms with Gasteiger partial charge >= 0.3 is 5.97 Å². The highest BCUT2D eigenvalue weighted by atomic mass is 16.5. The number of para-hydroxylation sites is 1. The number of aliphatic carboxylic acids is 1. The molecule has 1 aromatic carbocycles. The number of hydrogen-bond acceptors (Lipinski definition) is 4. The second-order valence-electron chi connectivity index (χ2n) is 5.32. The van der Waals surface area contributed by atoms with E-state index in [2.05, 4.69) is 5.32 Å². The van der Waals surface area contributed by atoms with Crippen molar-refractivity contribution in [1.82, 2.24) is 5.32 Å². The highest BCUT2D eigenvalue weighted by Gasteiger charge is 2.33. The fraction of sp³-hybridized carbons (Fsp3) is 0.500. The molecular formula is C16H21NO5. The quantitative estimate of drug-likeness (QED) is 0.639. The number of ether oxygens (including phenoxy) is 2. The minimum Gasteiger partial charge on any atom is -0.491 e. The van der Waals surface area contributed by atoms with Crippen LogP contribution in [-0.2, 0) is 14.3 Å². The normalized spacial score (nSPS) is 15.1. The van der Waals surface area contributed by atoms with Crippen molar-refractivity contribution in [2.75, 3.05) is 19.8 Å². The molecule has 120 valence electrons. The standard InChI is InChI=1S/C16H21NO5/c18-15(17-14(10-16(19)20)12-6-7-12)11-21-8-9-22-13-4-2-1-3-5-13/h1-5,12,14H,6-11H2,(H,17,18)(H,19,20)/t14-/m1/s1. The van der Waals surface area contributed by atoms with Gasteiger partial charge in [0.05, 0.1) is 13.0 Å². The van der Waals surface area contributed by atoms with Crippen LogP contribution in [0.1, 0.15) is 19.3 Å². The van der Waals surface area contributed by atoms with Crippen LogP contribution in [0.4, 0.5) is 0 Å². The molecule has 2 rings (SSSR count). The smallest absolute Gasteiger partial charge is 0.305 e. The van der Waals surface area contributed by atoms with Gasteiger partial charge in [0.15, 0.2) is 0 Å². The Balaban J connectivity index is 1.58. The fourth-order valence-corrected chi connectivity index (χ4v) is 2.17. The van der Waals surface area contributed by atoms with Crippen LogP contribution in [0.2, 0.25) is 0 Å². The second-order valence-corrected chi connectivity index (χ2v) is 5.32. The maximum absolute atomic E-state index is 11.7. The molecule has 1 aromatic rings. The summed E-state index contributed by atoms with van der Waals surface area (Å²) in [5, 5.41) is 11.6. The van der Waals surface area contributed by atoms with Crippen LogP contribution in [0.25, 0.3) is 0 Å². The molecule has 0 bridgehead atoms. The Labute approximate surface area is 129 Å². The molecule has 0 saturated heterocycles. The molecule has 0 radical (unpaired) electrons. The van der Waals surface area contributed by atoms with E-state index in [1.807, 2.05) is 30.3 Å². The van der Waals surface area contributed by atoms with Gasteiger partial charge in [0, 0.05) is 6.04 Å². The summed E-state index contributed by atoms with van der Waals surface area (Å²) in [7, 11) is 0. The van der Waals surface area contributed by atoms with Gasteiger partial charge in [0.1, 0.15) is 19.0 Å². The highest BCUT2D eigenvalue weighted by Crippen LogP contribution is 2.33. The number of amides is 1. The SMILES string of the molecule is O=C(O)C[C@@H](NC(=O)COCCOc1ccccc1)C1CC1. The van der Waals surface area contributed by atoms with Gasteiger partial charge in [-0.25, -0.2) is 0 Å². The van der Waals surface area contributed by atoms with Gasteiger partial charge in [-0.2, -0.15) is 0 Å². The zero-order chi connectivity index (χ0) is 15.8. The minimum absolute atomic E-state index is 0.0342. The van der Waals surface area contributed by atoms with E-state index in [4.69, 9.17) is 14.6 Å². The average Bonchev–Trinajstić information content (AvgIpc) is 3.31. The molecule has 0 aromatic heterocycles. The predicted octanol–water partition coefficient (Wildman–Crippen LogP) is 1.45. The summed E-state index contributed by atoms with van der Waals surface area (Å²) in [6.45, 7) is 0.578. The Bertz CT molecular complexity index is 487. The molecule has 1 aliphatic rings. The number of benzene rings is 1. The molecule has 1 saturated carbocycles. The lowest BCUT2D eigenvalue weighted by Crippen LogP contribution is -2.40. The van der Waals surface area contributed by atoms with Crippen molar-refractivity contribution < 1.29 is 24.2 Å². The van der Waals surface area contributed by atoms with Crippen LogP contribution in [0.15, 0.2) is 30.3 Å². The molecule has 6 heteroatoms. The van der Waals surface area contributed by atoms with Crippen LogP contribution >= 0.6 is 0 Å². The first-order valence-electron chi connectivity index (χ1n) is 7.42. The predicted molar refractivity (Wildman–Crippen MR) is 79.7 cm³/mol. The van der Waals surface area contributed by atoms with Gasteiger partial charge in [0.25, 0.3) is 0 Å². The number of carbonyl (C=O) groups is 2. The topological polar surface area (TPSA) is 84.9 Å². The molecule has 2 N–H and O–H groups in total. The zero-order valence-electron chi connectivity index (χ0n) is 12.4. The Morgan fingerprint density at radius 1 is 1.23 bits per heavy atom. The third kappa shape index (κ3) is 6.13. The lowest BCUT2D eigenvalue weighted by Gasteiger charge is -2.16. The monoisotopic (exact) mass is 307 g/mol. The van der Waals surface area contributed by atoms with Crippen LogP contribution in [0.3, 0.4) is 0 Å². The number of carboxylic acids is 1. The van der Waals surface area contributed by atoms with Gasteiger partial charge in [-0.15, -0.1) is 0 Å². The molecule has 0 heterocycles. The number of carboxylic acid groups (broad SMARTS) is 1. The summed E-state index contributed by atoms with van der Waals surface area (Å²) >= 11 is 0. The lowest BCUT2D eigenvalue weighted by molar-refractivity contribution is -0.138. The van der Waals surface area contributed by atoms with Crippen molar-refractivity contribution >= 4 is 11.9 Å². The molecular weight excluding hydrogens is 286 g/mol. The van der Waals surface area contributed by atoms with Crippen molar-refractivity contribution in [2.45, 2.75) is 25.3 Å². The summed E-state index contributed by atoms with van der Waals surface area (Å²) in [6, 6.07) is 9.07. The highest BCUT2D eigenvalue weighted by molar-refractivity contribution is 5.78. The summed E-state index contributed by atoms with van der Waals surface area (Å²) < 4.78 is 10.7. The van der Waals surface area contributed by atoms with Crippen LogP contribution in [-0.4, -0.2) is 42.8 Å². The first-order chi connectivity index (χ1) is 10.6. The van der Waals surface area contributed by atoms with E-state index in [9.17, 15) is 9.59 Å². The Morgan fingerprint density at radius 3 is 2.59 bits per heavy atom. The second kappa shape index (κ2) is 8.38. The first kappa shape index (κ1) is 16.3. The fourth-order valence-electron chi connectivity index (χ4n) is 2.17. The van der Waals surface area contributed by atoms with Crippen molar-refractivity contribution in [3.05, 3.63) is 30.3 Å². The van der Waals surface area contributed by atoms with Gasteiger partial charge in [-0.1, -0.05) is 18.2 Å². The summed E-state index contributed by atoms with van der Waals surface area (Å²) in [5.74, 6) is -0.125. The van der Waals surface area contributed by atoms with E-state index in [1.54, 1.807) is 0 Å². The third-order valence-electron chi connectivity index (χ3n) is 3.40. The number of rotatable bonds is 10. The number of carbonyl (C=O) groups excluding carboxylic acids is 1. The van der Waals surface area contributed by atoms with Crippen molar-refractivity contribution in [1.29, 1.82) is 0 Å². The van der Waals surface area contributed by atoms with E-state index in [0.717, 1.165) is 18.6 Å². The lowest BCUT2D eigenvalue weighted by atomic mass is 10.1. The van der Waals surface area contributed by atoms with E-state index < -0.39 is 5.97 Å². The molecule has 0 unspecified atom stereocenters. The van der Waals surface area contributed by atoms with Crippen LogP contribution in [0.5, 0.6) is 5.75 Å². The average molecular weight is 307 g/mol. The third-order valence-corrected chi connectivity index (χ3v) is 3.40. The summed E-state index contributed by atoms with van der Waals surface area (Å²) in [6.07, 6.45) is 1.92. The largest absolute Gasteiger partial charge is 0.491 e. The van der Waals surface area contributed by atoms with Crippen LogP contribution < -0.4 is 10.1 Å². The molecule has 1 fully saturated rings. The minimum atomic E-state index is -0.894. The van der Waals surface area contributed by atoms with E-state index >= 15 is 0 Å². The maximum atomic E-state index is 11.7. The first-order valence-corrected chi connectivity index (χ1v) is 7.42. The van der Waals surface area contributed by atoms with Crippen LogP contribution in [0, 0.1) is 5.92 Å². The Kier molecular flexibility index (Phi) is 6.21. The van der Waals surface area contributed by atoms with Gasteiger partial charge < -0.3 is 19.9 Å². The van der Waals surface area contributed by atoms with Gasteiger partial charge in [-0.05, 0) is 30.9 Å². The number of hydrogen-bond donors (Lipinski definition) is 2. The molecule has 6 nitrogen and oxygen atoms in total. The zero-order valence-corrected chi connectivity index (χ0v) is 12.4. The van der Waals surface area contributed by atoms with Crippen molar-refractivity contribution in [3.8, 4) is 5.75 Å². The Hall–Kier alpha value is -2.08. The summed E-state index contributed by atoms with van der Waals surface area (Å²) in [4.78, 5) is 22.5. The molecule has 0 aliphatic heterocycles. The molecule has 1 aliphatic carbocycles. The maximum Gasteiger partial charge on any atom is 0.305 e. The van der Waals surface area contributed by atoms with E-state index in [-0.39, 0.29) is 25.0 Å². The van der Waals surface area contributed by atoms with E-state index in [0.29, 0.717) is 19.1 Å². The molecule has 1 amide bonds. The van der Waals surface area contributed by atoms with Crippen molar-refractivity contribution in [2.24, 2.45) is 5.92 Å². The van der Waals surface area contributed by atoms with Gasteiger partial charge in [-0.3, -0.25) is 9.59 Å². The molecule has 1 atom stereocenters. The molecule has 22 heavy (non-hydrogen) atoms. The van der Waals surface area contributed by atoms with Crippen molar-refractivity contribution in [3.63, 3.8) is 0 Å². The number of nitrogens with one attached hydrogen (secondary N) is 1. The molecule has 0 spiro atoms. The van der Waals surface area contributed by atoms with Gasteiger partial charge in [0.2, 0.25) is 5.91 Å². The Morgan fingerprint density at radius 2 is 1.95 bits per heavy atom. The van der Waals surface area contributed by atoms with E-state index in [1.165, 1.54) is 0 Å². The summed E-state index contributed by atoms with van der Waals surface area (Å²) in [5.41, 5.74) is 0.